The molecule has 0 N–H and O–H groups in total. The molecule has 0 unspecified atom stereocenters. The molecule has 0 aromatic carbocycles. The zero-order valence-corrected chi connectivity index (χ0v) is 9.22. The maximum atomic E-state index is 12.0. The Morgan fingerprint density at radius 1 is 1.39 bits per heavy atom. The summed E-state index contributed by atoms with van der Waals surface area (Å²) in [6.07, 6.45) is -1.62. The molecule has 0 atom stereocenters. The normalized spacial score (nSPS) is 10.8. The highest BCUT2D eigenvalue weighted by molar-refractivity contribution is 5.82. The Morgan fingerprint density at radius 3 is 2.89 bits per heavy atom. The van der Waals surface area contributed by atoms with Crippen LogP contribution >= 0.6 is 0 Å². The van der Waals surface area contributed by atoms with Crippen LogP contribution in [0.4, 0.5) is 8.78 Å². The lowest BCUT2D eigenvalue weighted by atomic mass is 10.2. The third-order valence-corrected chi connectivity index (χ3v) is 2.14. The van der Waals surface area contributed by atoms with Gasteiger partial charge in [-0.3, -0.25) is 9.78 Å². The molecule has 0 fully saturated rings. The van der Waals surface area contributed by atoms with Crippen LogP contribution in [-0.2, 0) is 17.6 Å². The van der Waals surface area contributed by atoms with Crippen molar-refractivity contribution in [3.05, 3.63) is 41.8 Å². The molecule has 2 heterocycles. The Balaban J connectivity index is 2.00. The number of ketones is 1. The van der Waals surface area contributed by atoms with Crippen LogP contribution in [0.15, 0.2) is 28.9 Å². The van der Waals surface area contributed by atoms with Crippen molar-refractivity contribution in [3.63, 3.8) is 0 Å². The van der Waals surface area contributed by atoms with Gasteiger partial charge in [0, 0.05) is 11.9 Å². The van der Waals surface area contributed by atoms with Gasteiger partial charge in [-0.1, -0.05) is 11.2 Å². The zero-order valence-electron chi connectivity index (χ0n) is 9.22. The number of carbonyl (C=O) groups is 1. The third kappa shape index (κ3) is 3.16. The molecule has 0 saturated heterocycles. The van der Waals surface area contributed by atoms with Gasteiger partial charge in [-0.2, -0.15) is 4.98 Å². The lowest BCUT2D eigenvalue weighted by molar-refractivity contribution is -0.129. The number of pyridine rings is 1. The van der Waals surface area contributed by atoms with Crippen LogP contribution in [0.25, 0.3) is 0 Å². The predicted octanol–water partition coefficient (Wildman–Crippen LogP) is 1.43. The second-order valence-corrected chi connectivity index (χ2v) is 3.55. The highest BCUT2D eigenvalue weighted by Crippen LogP contribution is 2.06. The lowest BCUT2D eigenvalue weighted by Gasteiger charge is -1.93. The molecule has 7 heteroatoms. The van der Waals surface area contributed by atoms with E-state index in [1.165, 1.54) is 0 Å². The summed E-state index contributed by atoms with van der Waals surface area (Å²) in [5, 5.41) is 3.60. The van der Waals surface area contributed by atoms with Crippen molar-refractivity contribution >= 4 is 5.78 Å². The average molecular weight is 253 g/mol. The van der Waals surface area contributed by atoms with E-state index in [4.69, 9.17) is 4.52 Å². The number of nitrogens with zero attached hydrogens (tertiary/aromatic N) is 3. The fraction of sp³-hybridized carbons (Fsp3) is 0.273. The highest BCUT2D eigenvalue weighted by Gasteiger charge is 2.19. The first-order valence-corrected chi connectivity index (χ1v) is 5.17. The molecule has 0 spiro atoms. The second kappa shape index (κ2) is 5.44. The quantitative estimate of drug-likeness (QED) is 0.806. The Hall–Kier alpha value is -2.18. The van der Waals surface area contributed by atoms with Crippen molar-refractivity contribution in [1.29, 1.82) is 0 Å². The molecule has 0 aliphatic rings. The van der Waals surface area contributed by atoms with Gasteiger partial charge in [-0.25, -0.2) is 8.78 Å². The SMILES string of the molecule is O=C(Cc1nc(Cc2ccccn2)no1)C(F)F. The predicted molar refractivity (Wildman–Crippen MR) is 56.1 cm³/mol. The van der Waals surface area contributed by atoms with Crippen LogP contribution in [0, 0.1) is 0 Å². The molecule has 0 aliphatic heterocycles. The van der Waals surface area contributed by atoms with Gasteiger partial charge in [-0.05, 0) is 12.1 Å². The molecule has 94 valence electrons. The van der Waals surface area contributed by atoms with Gasteiger partial charge in [0.2, 0.25) is 11.7 Å². The molecule has 0 amide bonds. The van der Waals surface area contributed by atoms with Gasteiger partial charge >= 0.3 is 0 Å². The van der Waals surface area contributed by atoms with Crippen molar-refractivity contribution in [1.82, 2.24) is 15.1 Å². The largest absolute Gasteiger partial charge is 0.339 e. The van der Waals surface area contributed by atoms with Crippen LogP contribution in [0.1, 0.15) is 17.4 Å². The molecule has 2 aromatic rings. The average Bonchev–Trinajstić information content (AvgIpc) is 2.77. The van der Waals surface area contributed by atoms with E-state index in [0.717, 1.165) is 5.69 Å². The van der Waals surface area contributed by atoms with Crippen molar-refractivity contribution in [3.8, 4) is 0 Å². The van der Waals surface area contributed by atoms with Crippen molar-refractivity contribution in [2.24, 2.45) is 0 Å². The summed E-state index contributed by atoms with van der Waals surface area (Å²) in [5.74, 6) is -1.03. The summed E-state index contributed by atoms with van der Waals surface area (Å²) in [7, 11) is 0. The second-order valence-electron chi connectivity index (χ2n) is 3.55. The number of Topliss-reactive ketones (excluding diaryl/α,β-unsaturated/α-hetero) is 1. The van der Waals surface area contributed by atoms with Crippen LogP contribution < -0.4 is 0 Å². The van der Waals surface area contributed by atoms with E-state index in [1.54, 1.807) is 18.3 Å². The highest BCUT2D eigenvalue weighted by atomic mass is 19.3. The van der Waals surface area contributed by atoms with E-state index in [2.05, 4.69) is 15.1 Å². The minimum atomic E-state index is -3.02. The van der Waals surface area contributed by atoms with Gasteiger partial charge in [-0.15, -0.1) is 0 Å². The first kappa shape index (κ1) is 12.3. The fourth-order valence-electron chi connectivity index (χ4n) is 1.32. The van der Waals surface area contributed by atoms with E-state index in [9.17, 15) is 13.6 Å². The lowest BCUT2D eigenvalue weighted by Crippen LogP contribution is -2.13. The first-order valence-electron chi connectivity index (χ1n) is 5.17. The molecular weight excluding hydrogens is 244 g/mol. The maximum absolute atomic E-state index is 12.0. The summed E-state index contributed by atoms with van der Waals surface area (Å²) in [5.41, 5.74) is 0.727. The van der Waals surface area contributed by atoms with E-state index in [-0.39, 0.29) is 5.89 Å². The number of alkyl halides is 2. The molecule has 0 aliphatic carbocycles. The minimum absolute atomic E-state index is 0.105. The topological polar surface area (TPSA) is 68.9 Å². The Kier molecular flexibility index (Phi) is 3.71. The Labute approximate surface area is 101 Å². The molecule has 5 nitrogen and oxygen atoms in total. The van der Waals surface area contributed by atoms with E-state index >= 15 is 0 Å². The number of halogens is 2. The van der Waals surface area contributed by atoms with Gasteiger partial charge < -0.3 is 4.52 Å². The number of hydrogen-bond acceptors (Lipinski definition) is 5. The van der Waals surface area contributed by atoms with E-state index < -0.39 is 18.6 Å². The summed E-state index contributed by atoms with van der Waals surface area (Å²) in [6, 6.07) is 5.36. The summed E-state index contributed by atoms with van der Waals surface area (Å²) < 4.78 is 28.8. The molecule has 0 radical (unpaired) electrons. The minimum Gasteiger partial charge on any atom is -0.339 e. The van der Waals surface area contributed by atoms with Gasteiger partial charge in [0.15, 0.2) is 5.82 Å². The summed E-state index contributed by atoms with van der Waals surface area (Å²) >= 11 is 0. The Bertz CT molecular complexity index is 528. The van der Waals surface area contributed by atoms with Crippen LogP contribution in [0.5, 0.6) is 0 Å². The third-order valence-electron chi connectivity index (χ3n) is 2.14. The number of rotatable bonds is 5. The first-order chi connectivity index (χ1) is 8.65. The molecule has 2 rings (SSSR count). The summed E-state index contributed by atoms with van der Waals surface area (Å²) in [4.78, 5) is 18.7. The van der Waals surface area contributed by atoms with Crippen LogP contribution in [0.2, 0.25) is 0 Å². The molecule has 0 saturated carbocycles. The van der Waals surface area contributed by atoms with Crippen molar-refractivity contribution in [2.45, 2.75) is 19.3 Å². The van der Waals surface area contributed by atoms with E-state index in [1.807, 2.05) is 6.07 Å². The van der Waals surface area contributed by atoms with Crippen molar-refractivity contribution < 1.29 is 18.1 Å². The van der Waals surface area contributed by atoms with Crippen LogP contribution in [0.3, 0.4) is 0 Å². The van der Waals surface area contributed by atoms with E-state index in [0.29, 0.717) is 12.2 Å². The summed E-state index contributed by atoms with van der Waals surface area (Å²) in [6.45, 7) is 0. The molecule has 2 aromatic heterocycles. The molecule has 18 heavy (non-hydrogen) atoms. The van der Waals surface area contributed by atoms with Gasteiger partial charge in [0.1, 0.15) is 0 Å². The standard InChI is InChI=1S/C11H9F2N3O2/c12-11(13)8(17)6-10-15-9(16-18-10)5-7-3-1-2-4-14-7/h1-4,11H,5-6H2. The number of hydrogen-bond donors (Lipinski definition) is 0. The van der Waals surface area contributed by atoms with Crippen LogP contribution in [-0.4, -0.2) is 27.3 Å². The fourth-order valence-corrected chi connectivity index (χ4v) is 1.32. The number of carbonyl (C=O) groups excluding carboxylic acids is 1. The maximum Gasteiger partial charge on any atom is 0.296 e. The Morgan fingerprint density at radius 2 is 2.22 bits per heavy atom. The van der Waals surface area contributed by atoms with Crippen molar-refractivity contribution in [2.75, 3.05) is 0 Å². The number of aromatic nitrogens is 3. The van der Waals surface area contributed by atoms with Gasteiger partial charge in [0.25, 0.3) is 6.43 Å². The molecule has 0 bridgehead atoms. The molecular formula is C11H9F2N3O2. The monoisotopic (exact) mass is 253 g/mol. The zero-order chi connectivity index (χ0) is 13.0. The smallest absolute Gasteiger partial charge is 0.296 e. The van der Waals surface area contributed by atoms with Gasteiger partial charge in [0.05, 0.1) is 12.8 Å².